The molecule has 0 aliphatic rings. The topological polar surface area (TPSA) is 74.9 Å². The van der Waals surface area contributed by atoms with E-state index in [2.05, 4.69) is 23.8 Å². The van der Waals surface area contributed by atoms with E-state index in [0.29, 0.717) is 5.92 Å². The molecular formula is C14H21N3O. The molecule has 2 atom stereocenters. The van der Waals surface area contributed by atoms with Crippen molar-refractivity contribution < 1.29 is 5.11 Å². The molecular weight excluding hydrogens is 226 g/mol. The molecule has 0 aliphatic heterocycles. The van der Waals surface area contributed by atoms with Crippen LogP contribution in [-0.2, 0) is 0 Å². The van der Waals surface area contributed by atoms with Crippen molar-refractivity contribution in [1.29, 1.82) is 0 Å². The lowest BCUT2D eigenvalue weighted by molar-refractivity contribution is 0.166. The van der Waals surface area contributed by atoms with Crippen molar-refractivity contribution in [1.82, 2.24) is 9.97 Å². The standard InChI is InChI=1S/C14H21N3O/c1-8(2)11(7-18)14(15)10-4-5-12-13(6-10)17-9(3)16-12/h4-6,8,11,14,18H,7,15H2,1-3H3,(H,16,17). The summed E-state index contributed by atoms with van der Waals surface area (Å²) in [5.41, 5.74) is 9.25. The number of hydrogen-bond donors (Lipinski definition) is 3. The monoisotopic (exact) mass is 247 g/mol. The van der Waals surface area contributed by atoms with Gasteiger partial charge >= 0.3 is 0 Å². The van der Waals surface area contributed by atoms with Gasteiger partial charge in [-0.05, 0) is 30.5 Å². The second kappa shape index (κ2) is 5.08. The third-order valence-corrected chi connectivity index (χ3v) is 3.54. The summed E-state index contributed by atoms with van der Waals surface area (Å²) in [6.07, 6.45) is 0. The maximum atomic E-state index is 9.45. The summed E-state index contributed by atoms with van der Waals surface area (Å²) in [7, 11) is 0. The number of aliphatic hydroxyl groups excluding tert-OH is 1. The Labute approximate surface area is 107 Å². The van der Waals surface area contributed by atoms with Gasteiger partial charge in [0.1, 0.15) is 5.82 Å². The lowest BCUT2D eigenvalue weighted by atomic mass is 9.85. The van der Waals surface area contributed by atoms with E-state index in [1.165, 1.54) is 0 Å². The van der Waals surface area contributed by atoms with E-state index in [9.17, 15) is 5.11 Å². The molecule has 1 aromatic carbocycles. The van der Waals surface area contributed by atoms with Crippen LogP contribution in [0.5, 0.6) is 0 Å². The van der Waals surface area contributed by atoms with E-state index in [1.807, 2.05) is 25.1 Å². The Balaban J connectivity index is 2.34. The van der Waals surface area contributed by atoms with Crippen LogP contribution in [0.25, 0.3) is 11.0 Å². The fraction of sp³-hybridized carbons (Fsp3) is 0.500. The van der Waals surface area contributed by atoms with Crippen LogP contribution in [0.2, 0.25) is 0 Å². The Hall–Kier alpha value is -1.39. The first kappa shape index (κ1) is 13.1. The Bertz CT molecular complexity index is 533. The number of hydrogen-bond acceptors (Lipinski definition) is 3. The third-order valence-electron chi connectivity index (χ3n) is 3.54. The number of nitrogens with one attached hydrogen (secondary N) is 1. The summed E-state index contributed by atoms with van der Waals surface area (Å²) < 4.78 is 0. The Morgan fingerprint density at radius 2 is 2.11 bits per heavy atom. The summed E-state index contributed by atoms with van der Waals surface area (Å²) in [5.74, 6) is 1.33. The summed E-state index contributed by atoms with van der Waals surface area (Å²) in [6, 6.07) is 5.86. The summed E-state index contributed by atoms with van der Waals surface area (Å²) in [4.78, 5) is 7.58. The fourth-order valence-corrected chi connectivity index (χ4v) is 2.35. The van der Waals surface area contributed by atoms with Gasteiger partial charge in [0.25, 0.3) is 0 Å². The zero-order valence-corrected chi connectivity index (χ0v) is 11.1. The predicted molar refractivity (Wildman–Crippen MR) is 73.2 cm³/mol. The average Bonchev–Trinajstić information content (AvgIpc) is 2.68. The lowest BCUT2D eigenvalue weighted by Crippen LogP contribution is -2.28. The second-order valence-corrected chi connectivity index (χ2v) is 5.22. The number of nitrogens with zero attached hydrogens (tertiary/aromatic N) is 1. The van der Waals surface area contributed by atoms with Crippen LogP contribution in [-0.4, -0.2) is 21.7 Å². The van der Waals surface area contributed by atoms with Gasteiger partial charge in [-0.1, -0.05) is 19.9 Å². The molecule has 0 fully saturated rings. The van der Waals surface area contributed by atoms with Gasteiger partial charge in [-0.25, -0.2) is 4.98 Å². The average molecular weight is 247 g/mol. The van der Waals surface area contributed by atoms with Gasteiger partial charge in [0.15, 0.2) is 0 Å². The van der Waals surface area contributed by atoms with Crippen LogP contribution in [0, 0.1) is 18.8 Å². The van der Waals surface area contributed by atoms with Gasteiger partial charge in [0, 0.05) is 18.6 Å². The molecule has 18 heavy (non-hydrogen) atoms. The van der Waals surface area contributed by atoms with Crippen molar-refractivity contribution in [2.75, 3.05) is 6.61 Å². The van der Waals surface area contributed by atoms with Crippen molar-refractivity contribution in [3.05, 3.63) is 29.6 Å². The minimum absolute atomic E-state index is 0.0754. The van der Waals surface area contributed by atoms with E-state index < -0.39 is 0 Å². The molecule has 0 amide bonds. The van der Waals surface area contributed by atoms with E-state index in [-0.39, 0.29) is 18.6 Å². The number of aryl methyl sites for hydroxylation is 1. The zero-order chi connectivity index (χ0) is 13.3. The molecule has 0 bridgehead atoms. The molecule has 4 heteroatoms. The molecule has 2 rings (SSSR count). The third kappa shape index (κ3) is 2.40. The SMILES string of the molecule is Cc1nc2ccc(C(N)C(CO)C(C)C)cc2[nH]1. The highest BCUT2D eigenvalue weighted by Crippen LogP contribution is 2.27. The Morgan fingerprint density at radius 1 is 1.39 bits per heavy atom. The smallest absolute Gasteiger partial charge is 0.104 e. The number of rotatable bonds is 4. The number of imidazole rings is 1. The number of aliphatic hydroxyl groups is 1. The zero-order valence-electron chi connectivity index (χ0n) is 11.1. The van der Waals surface area contributed by atoms with Gasteiger partial charge < -0.3 is 15.8 Å². The highest BCUT2D eigenvalue weighted by atomic mass is 16.3. The van der Waals surface area contributed by atoms with Crippen molar-refractivity contribution in [3.8, 4) is 0 Å². The Morgan fingerprint density at radius 3 is 2.72 bits per heavy atom. The molecule has 0 spiro atoms. The number of nitrogens with two attached hydrogens (primary N) is 1. The van der Waals surface area contributed by atoms with Gasteiger partial charge in [-0.2, -0.15) is 0 Å². The molecule has 0 aliphatic carbocycles. The van der Waals surface area contributed by atoms with E-state index in [1.54, 1.807) is 0 Å². The molecule has 0 radical (unpaired) electrons. The van der Waals surface area contributed by atoms with Gasteiger partial charge in [-0.15, -0.1) is 0 Å². The number of aromatic nitrogens is 2. The number of H-pyrrole nitrogens is 1. The van der Waals surface area contributed by atoms with Gasteiger partial charge in [0.05, 0.1) is 11.0 Å². The molecule has 98 valence electrons. The Kier molecular flexibility index (Phi) is 3.68. The van der Waals surface area contributed by atoms with Crippen LogP contribution in [0.4, 0.5) is 0 Å². The molecule has 1 aromatic heterocycles. The second-order valence-electron chi connectivity index (χ2n) is 5.22. The van der Waals surface area contributed by atoms with Crippen LogP contribution in [0.3, 0.4) is 0 Å². The van der Waals surface area contributed by atoms with Crippen LogP contribution in [0.1, 0.15) is 31.3 Å². The quantitative estimate of drug-likeness (QED) is 0.774. The normalized spacial score (nSPS) is 15.2. The van der Waals surface area contributed by atoms with E-state index in [0.717, 1.165) is 22.4 Å². The van der Waals surface area contributed by atoms with Gasteiger partial charge in [-0.3, -0.25) is 0 Å². The summed E-state index contributed by atoms with van der Waals surface area (Å²) in [6.45, 7) is 6.21. The molecule has 2 unspecified atom stereocenters. The van der Waals surface area contributed by atoms with Crippen molar-refractivity contribution in [2.45, 2.75) is 26.8 Å². The predicted octanol–water partition coefficient (Wildman–Crippen LogP) is 2.14. The largest absolute Gasteiger partial charge is 0.396 e. The minimum Gasteiger partial charge on any atom is -0.396 e. The number of fused-ring (bicyclic) bond motifs is 1. The number of benzene rings is 1. The maximum absolute atomic E-state index is 9.45. The van der Waals surface area contributed by atoms with Crippen molar-refractivity contribution in [2.24, 2.45) is 17.6 Å². The molecule has 0 saturated heterocycles. The molecule has 4 nitrogen and oxygen atoms in total. The lowest BCUT2D eigenvalue weighted by Gasteiger charge is -2.25. The highest BCUT2D eigenvalue weighted by Gasteiger charge is 2.22. The maximum Gasteiger partial charge on any atom is 0.104 e. The molecule has 1 heterocycles. The molecule has 4 N–H and O–H groups in total. The first-order valence-corrected chi connectivity index (χ1v) is 6.35. The first-order valence-electron chi connectivity index (χ1n) is 6.35. The van der Waals surface area contributed by atoms with E-state index >= 15 is 0 Å². The van der Waals surface area contributed by atoms with Crippen molar-refractivity contribution in [3.63, 3.8) is 0 Å². The first-order chi connectivity index (χ1) is 8.52. The fourth-order valence-electron chi connectivity index (χ4n) is 2.35. The van der Waals surface area contributed by atoms with Crippen LogP contribution < -0.4 is 5.73 Å². The van der Waals surface area contributed by atoms with Gasteiger partial charge in [0.2, 0.25) is 0 Å². The van der Waals surface area contributed by atoms with E-state index in [4.69, 9.17) is 5.73 Å². The van der Waals surface area contributed by atoms with Crippen LogP contribution in [0.15, 0.2) is 18.2 Å². The number of aromatic amines is 1. The minimum atomic E-state index is -0.150. The summed E-state index contributed by atoms with van der Waals surface area (Å²) in [5, 5.41) is 9.45. The molecule has 0 saturated carbocycles. The highest BCUT2D eigenvalue weighted by molar-refractivity contribution is 5.76. The molecule has 2 aromatic rings. The summed E-state index contributed by atoms with van der Waals surface area (Å²) >= 11 is 0. The van der Waals surface area contributed by atoms with Crippen molar-refractivity contribution >= 4 is 11.0 Å². The van der Waals surface area contributed by atoms with Crippen LogP contribution >= 0.6 is 0 Å².